The van der Waals surface area contributed by atoms with E-state index in [1.165, 1.54) is 0 Å². The third kappa shape index (κ3) is 2.87. The molecule has 0 atom stereocenters. The summed E-state index contributed by atoms with van der Waals surface area (Å²) in [5.41, 5.74) is 1.98. The highest BCUT2D eigenvalue weighted by atomic mass is 35.5. The van der Waals surface area contributed by atoms with Crippen LogP contribution in [-0.4, -0.2) is 4.98 Å². The lowest BCUT2D eigenvalue weighted by Crippen LogP contribution is -1.99. The number of halogens is 2. The fourth-order valence-corrected chi connectivity index (χ4v) is 1.73. The zero-order valence-corrected chi connectivity index (χ0v) is 9.96. The van der Waals surface area contributed by atoms with Gasteiger partial charge < -0.3 is 5.32 Å². The van der Waals surface area contributed by atoms with Crippen LogP contribution in [-0.2, 0) is 6.54 Å². The first-order valence-corrected chi connectivity index (χ1v) is 5.60. The lowest BCUT2D eigenvalue weighted by Gasteiger charge is -2.07. The van der Waals surface area contributed by atoms with Crippen LogP contribution >= 0.6 is 23.2 Å². The lowest BCUT2D eigenvalue weighted by atomic mass is 10.2. The maximum Gasteiger partial charge on any atom is 0.131 e. The van der Waals surface area contributed by atoms with Crippen molar-refractivity contribution in [2.24, 2.45) is 0 Å². The van der Waals surface area contributed by atoms with Gasteiger partial charge in [-0.25, -0.2) is 4.98 Å². The number of hydrogen-bond donors (Lipinski definition) is 1. The molecule has 0 aliphatic heterocycles. The SMILES string of the molecule is Clc1cc(NCc2ccccc2Cl)ccn1. The summed E-state index contributed by atoms with van der Waals surface area (Å²) in [5.74, 6) is 0. The number of rotatable bonds is 3. The molecule has 0 amide bonds. The van der Waals surface area contributed by atoms with Crippen molar-refractivity contribution >= 4 is 28.9 Å². The van der Waals surface area contributed by atoms with Crippen molar-refractivity contribution in [2.45, 2.75) is 6.54 Å². The molecule has 2 rings (SSSR count). The molecule has 1 heterocycles. The normalized spacial score (nSPS) is 10.1. The smallest absolute Gasteiger partial charge is 0.131 e. The Kier molecular flexibility index (Phi) is 3.65. The van der Waals surface area contributed by atoms with E-state index in [4.69, 9.17) is 23.2 Å². The molecule has 0 unspecified atom stereocenters. The van der Waals surface area contributed by atoms with Crippen LogP contribution in [0, 0.1) is 0 Å². The minimum absolute atomic E-state index is 0.476. The Balaban J connectivity index is 2.05. The topological polar surface area (TPSA) is 24.9 Å². The number of nitrogens with zero attached hydrogens (tertiary/aromatic N) is 1. The first-order chi connectivity index (χ1) is 7.75. The van der Waals surface area contributed by atoms with Gasteiger partial charge in [-0.05, 0) is 23.8 Å². The molecule has 1 N–H and O–H groups in total. The fraction of sp³-hybridized carbons (Fsp3) is 0.0833. The summed E-state index contributed by atoms with van der Waals surface area (Å²) in [4.78, 5) is 3.91. The molecule has 1 aromatic carbocycles. The second-order valence-corrected chi connectivity index (χ2v) is 4.11. The second-order valence-electron chi connectivity index (χ2n) is 3.31. The number of hydrogen-bond acceptors (Lipinski definition) is 2. The molecule has 16 heavy (non-hydrogen) atoms. The Labute approximate surface area is 104 Å². The van der Waals surface area contributed by atoms with Crippen molar-refractivity contribution < 1.29 is 0 Å². The summed E-state index contributed by atoms with van der Waals surface area (Å²) in [6, 6.07) is 11.4. The van der Waals surface area contributed by atoms with Crippen LogP contribution < -0.4 is 5.32 Å². The van der Waals surface area contributed by atoms with Crippen molar-refractivity contribution in [2.75, 3.05) is 5.32 Å². The van der Waals surface area contributed by atoms with E-state index in [9.17, 15) is 0 Å². The zero-order chi connectivity index (χ0) is 11.4. The molecule has 0 spiro atoms. The van der Waals surface area contributed by atoms with Crippen LogP contribution in [0.3, 0.4) is 0 Å². The maximum absolute atomic E-state index is 6.04. The molecule has 82 valence electrons. The summed E-state index contributed by atoms with van der Waals surface area (Å²) in [7, 11) is 0. The van der Waals surface area contributed by atoms with Crippen LogP contribution in [0.5, 0.6) is 0 Å². The number of nitrogens with one attached hydrogen (secondary N) is 1. The van der Waals surface area contributed by atoms with E-state index < -0.39 is 0 Å². The van der Waals surface area contributed by atoms with Gasteiger partial charge in [0.1, 0.15) is 5.15 Å². The van der Waals surface area contributed by atoms with Gasteiger partial charge in [-0.2, -0.15) is 0 Å². The van der Waals surface area contributed by atoms with Crippen molar-refractivity contribution in [1.82, 2.24) is 4.98 Å². The van der Waals surface area contributed by atoms with E-state index in [-0.39, 0.29) is 0 Å². The van der Waals surface area contributed by atoms with E-state index >= 15 is 0 Å². The molecular weight excluding hydrogens is 243 g/mol. The summed E-state index contributed by atoms with van der Waals surface area (Å²) in [6.07, 6.45) is 1.66. The van der Waals surface area contributed by atoms with E-state index in [0.717, 1.165) is 16.3 Å². The predicted molar refractivity (Wildman–Crippen MR) is 68.0 cm³/mol. The standard InChI is InChI=1S/C12H10Cl2N2/c13-11-4-2-1-3-9(11)8-16-10-5-6-15-12(14)7-10/h1-7H,8H2,(H,15,16). The summed E-state index contributed by atoms with van der Waals surface area (Å²) in [5, 5.41) is 4.47. The van der Waals surface area contributed by atoms with Crippen LogP contribution in [0.4, 0.5) is 5.69 Å². The molecule has 2 aromatic rings. The van der Waals surface area contributed by atoms with Gasteiger partial charge in [0.05, 0.1) is 0 Å². The summed E-state index contributed by atoms with van der Waals surface area (Å²) >= 11 is 11.8. The van der Waals surface area contributed by atoms with Gasteiger partial charge in [-0.15, -0.1) is 0 Å². The number of benzene rings is 1. The molecule has 1 aromatic heterocycles. The van der Waals surface area contributed by atoms with Crippen molar-refractivity contribution in [3.8, 4) is 0 Å². The molecule has 4 heteroatoms. The fourth-order valence-electron chi connectivity index (χ4n) is 1.35. The first kappa shape index (κ1) is 11.2. The molecular formula is C12H10Cl2N2. The van der Waals surface area contributed by atoms with Crippen molar-refractivity contribution in [3.05, 3.63) is 58.3 Å². The molecule has 0 saturated carbocycles. The highest BCUT2D eigenvalue weighted by Gasteiger charge is 1.99. The Morgan fingerprint density at radius 2 is 1.94 bits per heavy atom. The van der Waals surface area contributed by atoms with Crippen molar-refractivity contribution in [1.29, 1.82) is 0 Å². The minimum Gasteiger partial charge on any atom is -0.381 e. The largest absolute Gasteiger partial charge is 0.381 e. The van der Waals surface area contributed by atoms with E-state index in [1.807, 2.05) is 30.3 Å². The molecule has 0 bridgehead atoms. The molecule has 0 aliphatic rings. The Morgan fingerprint density at radius 1 is 1.12 bits per heavy atom. The zero-order valence-electron chi connectivity index (χ0n) is 8.45. The summed E-state index contributed by atoms with van der Waals surface area (Å²) < 4.78 is 0. The average molecular weight is 253 g/mol. The lowest BCUT2D eigenvalue weighted by molar-refractivity contribution is 1.14. The Hall–Kier alpha value is -1.25. The maximum atomic E-state index is 6.04. The van der Waals surface area contributed by atoms with Crippen molar-refractivity contribution in [3.63, 3.8) is 0 Å². The Morgan fingerprint density at radius 3 is 2.69 bits per heavy atom. The van der Waals surface area contributed by atoms with Gasteiger partial charge in [-0.1, -0.05) is 41.4 Å². The average Bonchev–Trinajstić information content (AvgIpc) is 2.28. The van der Waals surface area contributed by atoms with E-state index in [1.54, 1.807) is 12.3 Å². The molecule has 0 radical (unpaired) electrons. The quantitative estimate of drug-likeness (QED) is 0.836. The molecule has 0 saturated heterocycles. The third-order valence-corrected chi connectivity index (χ3v) is 2.74. The molecule has 2 nitrogen and oxygen atoms in total. The van der Waals surface area contributed by atoms with Gasteiger partial charge in [-0.3, -0.25) is 0 Å². The van der Waals surface area contributed by atoms with E-state index in [2.05, 4.69) is 10.3 Å². The minimum atomic E-state index is 0.476. The second kappa shape index (κ2) is 5.19. The van der Waals surface area contributed by atoms with Crippen LogP contribution in [0.2, 0.25) is 10.2 Å². The van der Waals surface area contributed by atoms with Crippen LogP contribution in [0.1, 0.15) is 5.56 Å². The van der Waals surface area contributed by atoms with Gasteiger partial charge in [0, 0.05) is 23.5 Å². The van der Waals surface area contributed by atoms with Gasteiger partial charge >= 0.3 is 0 Å². The van der Waals surface area contributed by atoms with E-state index in [0.29, 0.717) is 11.7 Å². The number of pyridine rings is 1. The van der Waals surface area contributed by atoms with Gasteiger partial charge in [0.15, 0.2) is 0 Å². The highest BCUT2D eigenvalue weighted by molar-refractivity contribution is 6.31. The number of aromatic nitrogens is 1. The van der Waals surface area contributed by atoms with Crippen LogP contribution in [0.15, 0.2) is 42.6 Å². The third-order valence-electron chi connectivity index (χ3n) is 2.17. The molecule has 0 fully saturated rings. The van der Waals surface area contributed by atoms with Gasteiger partial charge in [0.25, 0.3) is 0 Å². The highest BCUT2D eigenvalue weighted by Crippen LogP contribution is 2.17. The molecule has 0 aliphatic carbocycles. The Bertz CT molecular complexity index is 486. The van der Waals surface area contributed by atoms with Crippen LogP contribution in [0.25, 0.3) is 0 Å². The first-order valence-electron chi connectivity index (χ1n) is 4.84. The predicted octanol–water partition coefficient (Wildman–Crippen LogP) is 4.00. The number of anilines is 1. The monoisotopic (exact) mass is 252 g/mol. The summed E-state index contributed by atoms with van der Waals surface area (Å²) in [6.45, 7) is 0.667. The van der Waals surface area contributed by atoms with Gasteiger partial charge in [0.2, 0.25) is 0 Å².